The second-order valence-corrected chi connectivity index (χ2v) is 5.89. The number of fused-ring (bicyclic) bond motifs is 1. The largest absolute Gasteiger partial charge is 0.336 e. The van der Waals surface area contributed by atoms with Gasteiger partial charge in [0.25, 0.3) is 5.56 Å². The van der Waals surface area contributed by atoms with Gasteiger partial charge in [0, 0.05) is 13.0 Å². The maximum absolute atomic E-state index is 12.3. The highest BCUT2D eigenvalue weighted by Crippen LogP contribution is 2.09. The van der Waals surface area contributed by atoms with Crippen molar-refractivity contribution in [2.45, 2.75) is 45.6 Å². The molecule has 130 valence electrons. The Hall–Kier alpha value is -2.21. The van der Waals surface area contributed by atoms with Crippen molar-refractivity contribution in [3.8, 4) is 0 Å². The molecule has 0 aliphatic heterocycles. The van der Waals surface area contributed by atoms with Crippen molar-refractivity contribution >= 4 is 16.8 Å². The molecule has 1 aromatic carbocycles. The number of benzene rings is 1. The van der Waals surface area contributed by atoms with Gasteiger partial charge in [0.05, 0.1) is 17.4 Å². The predicted molar refractivity (Wildman–Crippen MR) is 95.6 cm³/mol. The molecule has 2 rings (SSSR count). The van der Waals surface area contributed by atoms with E-state index in [-0.39, 0.29) is 11.5 Å². The SMILES string of the molecule is CCN(Cc1nc2ccccc2c(=O)[nH]1)C(=O)CCCCCCN. The van der Waals surface area contributed by atoms with Crippen LogP contribution in [0.25, 0.3) is 10.9 Å². The van der Waals surface area contributed by atoms with E-state index in [9.17, 15) is 9.59 Å². The monoisotopic (exact) mass is 330 g/mol. The number of hydrogen-bond acceptors (Lipinski definition) is 4. The molecule has 0 aliphatic carbocycles. The normalized spacial score (nSPS) is 10.9. The molecule has 0 saturated carbocycles. The van der Waals surface area contributed by atoms with Gasteiger partial charge < -0.3 is 15.6 Å². The zero-order valence-corrected chi connectivity index (χ0v) is 14.3. The zero-order valence-electron chi connectivity index (χ0n) is 14.3. The van der Waals surface area contributed by atoms with E-state index < -0.39 is 0 Å². The molecule has 6 nitrogen and oxygen atoms in total. The molecule has 0 bridgehead atoms. The summed E-state index contributed by atoms with van der Waals surface area (Å²) in [6, 6.07) is 7.22. The molecule has 0 spiro atoms. The average Bonchev–Trinajstić information content (AvgIpc) is 2.59. The van der Waals surface area contributed by atoms with Crippen molar-refractivity contribution in [3.63, 3.8) is 0 Å². The summed E-state index contributed by atoms with van der Waals surface area (Å²) in [5, 5.41) is 0.565. The van der Waals surface area contributed by atoms with Gasteiger partial charge in [0.2, 0.25) is 5.91 Å². The smallest absolute Gasteiger partial charge is 0.258 e. The highest BCUT2D eigenvalue weighted by atomic mass is 16.2. The Balaban J connectivity index is 1.99. The molecular formula is C18H26N4O2. The molecule has 3 N–H and O–H groups in total. The lowest BCUT2D eigenvalue weighted by Gasteiger charge is -2.20. The van der Waals surface area contributed by atoms with E-state index in [2.05, 4.69) is 9.97 Å². The lowest BCUT2D eigenvalue weighted by atomic mass is 10.1. The molecule has 0 fully saturated rings. The van der Waals surface area contributed by atoms with Crippen LogP contribution in [0.3, 0.4) is 0 Å². The Morgan fingerprint density at radius 3 is 2.71 bits per heavy atom. The highest BCUT2D eigenvalue weighted by molar-refractivity contribution is 5.77. The van der Waals surface area contributed by atoms with Gasteiger partial charge in [-0.05, 0) is 38.4 Å². The van der Waals surface area contributed by atoms with E-state index in [0.717, 1.165) is 25.7 Å². The first-order chi connectivity index (χ1) is 11.7. The Morgan fingerprint density at radius 1 is 1.21 bits per heavy atom. The number of unbranched alkanes of at least 4 members (excludes halogenated alkanes) is 3. The Bertz CT molecular complexity index is 726. The van der Waals surface area contributed by atoms with Gasteiger partial charge in [0.15, 0.2) is 0 Å². The van der Waals surface area contributed by atoms with Crippen LogP contribution in [0.15, 0.2) is 29.1 Å². The average molecular weight is 330 g/mol. The fraction of sp³-hybridized carbons (Fsp3) is 0.500. The van der Waals surface area contributed by atoms with E-state index in [1.807, 2.05) is 25.1 Å². The molecule has 0 aliphatic rings. The molecule has 0 atom stereocenters. The highest BCUT2D eigenvalue weighted by Gasteiger charge is 2.14. The van der Waals surface area contributed by atoms with Crippen LogP contribution < -0.4 is 11.3 Å². The second kappa shape index (κ2) is 9.17. The molecule has 0 radical (unpaired) electrons. The van der Waals surface area contributed by atoms with Crippen LogP contribution >= 0.6 is 0 Å². The summed E-state index contributed by atoms with van der Waals surface area (Å²) in [4.78, 5) is 33.4. The number of amides is 1. The third kappa shape index (κ3) is 4.89. The number of nitrogens with one attached hydrogen (secondary N) is 1. The van der Waals surface area contributed by atoms with Crippen LogP contribution in [0, 0.1) is 0 Å². The number of carbonyl (C=O) groups is 1. The van der Waals surface area contributed by atoms with Gasteiger partial charge in [-0.15, -0.1) is 0 Å². The minimum atomic E-state index is -0.166. The topological polar surface area (TPSA) is 92.1 Å². The first-order valence-electron chi connectivity index (χ1n) is 8.61. The van der Waals surface area contributed by atoms with Crippen molar-refractivity contribution in [1.82, 2.24) is 14.9 Å². The molecular weight excluding hydrogens is 304 g/mol. The van der Waals surface area contributed by atoms with Crippen LogP contribution in [-0.2, 0) is 11.3 Å². The fourth-order valence-corrected chi connectivity index (χ4v) is 2.70. The van der Waals surface area contributed by atoms with E-state index >= 15 is 0 Å². The first-order valence-corrected chi connectivity index (χ1v) is 8.61. The Kier molecular flexibility index (Phi) is 6.93. The molecule has 1 amide bonds. The van der Waals surface area contributed by atoms with Gasteiger partial charge in [-0.3, -0.25) is 9.59 Å². The minimum Gasteiger partial charge on any atom is -0.336 e. The number of nitrogens with two attached hydrogens (primary N) is 1. The summed E-state index contributed by atoms with van der Waals surface area (Å²) in [5.41, 5.74) is 5.96. The number of para-hydroxylation sites is 1. The standard InChI is InChI=1S/C18H26N4O2/c1-2-22(17(23)11-5-3-4-8-12-19)13-16-20-15-10-7-6-9-14(15)18(24)21-16/h6-7,9-10H,2-5,8,11-13,19H2,1H3,(H,20,21,24). The van der Waals surface area contributed by atoms with Gasteiger partial charge >= 0.3 is 0 Å². The summed E-state index contributed by atoms with van der Waals surface area (Å²) in [6.45, 7) is 3.57. The van der Waals surface area contributed by atoms with E-state index in [1.54, 1.807) is 11.0 Å². The summed E-state index contributed by atoms with van der Waals surface area (Å²) < 4.78 is 0. The number of aromatic nitrogens is 2. The minimum absolute atomic E-state index is 0.0982. The Labute approximate surface area is 142 Å². The van der Waals surface area contributed by atoms with E-state index in [1.165, 1.54) is 0 Å². The molecule has 24 heavy (non-hydrogen) atoms. The van der Waals surface area contributed by atoms with Gasteiger partial charge in [-0.1, -0.05) is 25.0 Å². The lowest BCUT2D eigenvalue weighted by molar-refractivity contribution is -0.131. The lowest BCUT2D eigenvalue weighted by Crippen LogP contribution is -2.31. The maximum Gasteiger partial charge on any atom is 0.258 e. The number of nitrogens with zero attached hydrogens (tertiary/aromatic N) is 2. The third-order valence-electron chi connectivity index (χ3n) is 4.08. The predicted octanol–water partition coefficient (Wildman–Crippen LogP) is 2.18. The summed E-state index contributed by atoms with van der Waals surface area (Å²) in [6.07, 6.45) is 4.49. The van der Waals surface area contributed by atoms with Crippen LogP contribution in [0.5, 0.6) is 0 Å². The van der Waals surface area contributed by atoms with Crippen LogP contribution in [0.2, 0.25) is 0 Å². The molecule has 1 heterocycles. The van der Waals surface area contributed by atoms with Crippen molar-refractivity contribution in [2.24, 2.45) is 5.73 Å². The first kappa shape index (κ1) is 18.1. The zero-order chi connectivity index (χ0) is 17.4. The van der Waals surface area contributed by atoms with Gasteiger partial charge in [-0.25, -0.2) is 4.98 Å². The van der Waals surface area contributed by atoms with Gasteiger partial charge in [-0.2, -0.15) is 0 Å². The molecule has 2 aromatic rings. The molecule has 1 aromatic heterocycles. The molecule has 0 unspecified atom stereocenters. The fourth-order valence-electron chi connectivity index (χ4n) is 2.70. The Morgan fingerprint density at radius 2 is 1.96 bits per heavy atom. The van der Waals surface area contributed by atoms with E-state index in [4.69, 9.17) is 5.73 Å². The maximum atomic E-state index is 12.3. The molecule has 6 heteroatoms. The quantitative estimate of drug-likeness (QED) is 0.689. The number of rotatable bonds is 9. The second-order valence-electron chi connectivity index (χ2n) is 5.89. The van der Waals surface area contributed by atoms with Crippen molar-refractivity contribution in [2.75, 3.05) is 13.1 Å². The van der Waals surface area contributed by atoms with Crippen molar-refractivity contribution in [1.29, 1.82) is 0 Å². The number of H-pyrrole nitrogens is 1. The van der Waals surface area contributed by atoms with Gasteiger partial charge in [0.1, 0.15) is 5.82 Å². The number of aromatic amines is 1. The van der Waals surface area contributed by atoms with E-state index in [0.29, 0.717) is 42.8 Å². The van der Waals surface area contributed by atoms with Crippen LogP contribution in [0.1, 0.15) is 44.9 Å². The summed E-state index contributed by atoms with van der Waals surface area (Å²) >= 11 is 0. The number of carbonyl (C=O) groups excluding carboxylic acids is 1. The summed E-state index contributed by atoms with van der Waals surface area (Å²) in [7, 11) is 0. The number of hydrogen-bond donors (Lipinski definition) is 2. The summed E-state index contributed by atoms with van der Waals surface area (Å²) in [5.74, 6) is 0.623. The van der Waals surface area contributed by atoms with Crippen LogP contribution in [0.4, 0.5) is 0 Å². The van der Waals surface area contributed by atoms with Crippen molar-refractivity contribution in [3.05, 3.63) is 40.4 Å². The third-order valence-corrected chi connectivity index (χ3v) is 4.08. The van der Waals surface area contributed by atoms with Crippen LogP contribution in [-0.4, -0.2) is 33.9 Å². The van der Waals surface area contributed by atoms with Crippen molar-refractivity contribution < 1.29 is 4.79 Å². The molecule has 0 saturated heterocycles.